The first-order valence-corrected chi connectivity index (χ1v) is 7.54. The van der Waals surface area contributed by atoms with Crippen molar-refractivity contribution in [2.24, 2.45) is 17.8 Å². The maximum atomic E-state index is 12.8. The second-order valence-corrected chi connectivity index (χ2v) is 6.05. The first-order valence-electron chi connectivity index (χ1n) is 7.54. The summed E-state index contributed by atoms with van der Waals surface area (Å²) in [5.41, 5.74) is 1.98. The van der Waals surface area contributed by atoms with Crippen LogP contribution in [0.15, 0.2) is 24.3 Å². The summed E-state index contributed by atoms with van der Waals surface area (Å²) >= 11 is 0. The summed E-state index contributed by atoms with van der Waals surface area (Å²) in [5.74, 6) is -1.57. The summed E-state index contributed by atoms with van der Waals surface area (Å²) in [6.07, 6.45) is 1.26. The lowest BCUT2D eigenvalue weighted by Gasteiger charge is -2.26. The molecule has 1 N–H and O–H groups in total. The molecule has 4 nitrogen and oxygen atoms in total. The standard InChI is InChI=1S/C17H23NO3/c1-4-18(13-7-5-11(2)6-8-13)16(19)14-9-12(3)10-15(14)17(20)21/h5-8,12,14-15H,4,9-10H2,1-3H3,(H,20,21). The molecule has 1 amide bonds. The lowest BCUT2D eigenvalue weighted by Crippen LogP contribution is -2.39. The van der Waals surface area contributed by atoms with Crippen molar-refractivity contribution < 1.29 is 14.7 Å². The average molecular weight is 289 g/mol. The lowest BCUT2D eigenvalue weighted by molar-refractivity contribution is -0.145. The van der Waals surface area contributed by atoms with Crippen molar-refractivity contribution in [1.82, 2.24) is 0 Å². The van der Waals surface area contributed by atoms with Gasteiger partial charge in [0.2, 0.25) is 5.91 Å². The van der Waals surface area contributed by atoms with Crippen LogP contribution in [0.1, 0.15) is 32.3 Å². The molecule has 114 valence electrons. The third-order valence-corrected chi connectivity index (χ3v) is 4.36. The van der Waals surface area contributed by atoms with Crippen LogP contribution in [0.4, 0.5) is 5.69 Å². The average Bonchev–Trinajstić information content (AvgIpc) is 2.84. The van der Waals surface area contributed by atoms with Crippen LogP contribution >= 0.6 is 0 Å². The summed E-state index contributed by atoms with van der Waals surface area (Å²) in [7, 11) is 0. The Hall–Kier alpha value is -1.84. The number of aryl methyl sites for hydroxylation is 1. The second-order valence-electron chi connectivity index (χ2n) is 6.05. The number of amides is 1. The number of carbonyl (C=O) groups is 2. The van der Waals surface area contributed by atoms with Crippen molar-refractivity contribution in [2.45, 2.75) is 33.6 Å². The van der Waals surface area contributed by atoms with Crippen LogP contribution in [0.3, 0.4) is 0 Å². The fourth-order valence-electron chi connectivity index (χ4n) is 3.23. The van der Waals surface area contributed by atoms with E-state index in [2.05, 4.69) is 0 Å². The summed E-state index contributed by atoms with van der Waals surface area (Å²) in [5, 5.41) is 9.34. The Morgan fingerprint density at radius 2 is 1.76 bits per heavy atom. The number of benzene rings is 1. The molecule has 0 saturated heterocycles. The number of aliphatic carboxylic acids is 1. The fraction of sp³-hybridized carbons (Fsp3) is 0.529. The Morgan fingerprint density at radius 3 is 2.29 bits per heavy atom. The maximum Gasteiger partial charge on any atom is 0.307 e. The van der Waals surface area contributed by atoms with E-state index in [4.69, 9.17) is 0 Å². The van der Waals surface area contributed by atoms with Crippen LogP contribution < -0.4 is 4.90 Å². The molecule has 1 fully saturated rings. The van der Waals surface area contributed by atoms with Gasteiger partial charge in [-0.3, -0.25) is 9.59 Å². The zero-order chi connectivity index (χ0) is 15.6. The number of hydrogen-bond donors (Lipinski definition) is 1. The van der Waals surface area contributed by atoms with Crippen molar-refractivity contribution >= 4 is 17.6 Å². The van der Waals surface area contributed by atoms with Gasteiger partial charge in [0.25, 0.3) is 0 Å². The van der Waals surface area contributed by atoms with Crippen LogP contribution in [0.25, 0.3) is 0 Å². The van der Waals surface area contributed by atoms with Crippen molar-refractivity contribution in [2.75, 3.05) is 11.4 Å². The number of carbonyl (C=O) groups excluding carboxylic acids is 1. The molecule has 21 heavy (non-hydrogen) atoms. The molecule has 2 rings (SSSR count). The van der Waals surface area contributed by atoms with Gasteiger partial charge in [-0.2, -0.15) is 0 Å². The molecule has 0 heterocycles. The van der Waals surface area contributed by atoms with Gasteiger partial charge in [0, 0.05) is 12.2 Å². The van der Waals surface area contributed by atoms with Crippen molar-refractivity contribution in [1.29, 1.82) is 0 Å². The highest BCUT2D eigenvalue weighted by Gasteiger charge is 2.42. The fourth-order valence-corrected chi connectivity index (χ4v) is 3.23. The Morgan fingerprint density at radius 1 is 1.19 bits per heavy atom. The normalized spacial score (nSPS) is 24.8. The highest BCUT2D eigenvalue weighted by atomic mass is 16.4. The molecule has 4 heteroatoms. The minimum atomic E-state index is -0.849. The van der Waals surface area contributed by atoms with E-state index in [1.54, 1.807) is 4.90 Å². The van der Waals surface area contributed by atoms with E-state index in [1.165, 1.54) is 0 Å². The van der Waals surface area contributed by atoms with Gasteiger partial charge in [-0.05, 0) is 44.7 Å². The molecule has 3 unspecified atom stereocenters. The van der Waals surface area contributed by atoms with Crippen LogP contribution in [-0.4, -0.2) is 23.5 Å². The smallest absolute Gasteiger partial charge is 0.307 e. The molecule has 0 radical (unpaired) electrons. The molecule has 0 aromatic heterocycles. The van der Waals surface area contributed by atoms with Gasteiger partial charge >= 0.3 is 5.97 Å². The van der Waals surface area contributed by atoms with Gasteiger partial charge in [0.1, 0.15) is 0 Å². The summed E-state index contributed by atoms with van der Waals surface area (Å²) in [6, 6.07) is 7.78. The maximum absolute atomic E-state index is 12.8. The third-order valence-electron chi connectivity index (χ3n) is 4.36. The predicted octanol–water partition coefficient (Wildman–Crippen LogP) is 3.09. The third kappa shape index (κ3) is 3.26. The van der Waals surface area contributed by atoms with E-state index < -0.39 is 17.8 Å². The van der Waals surface area contributed by atoms with Crippen molar-refractivity contribution in [3.05, 3.63) is 29.8 Å². The van der Waals surface area contributed by atoms with E-state index >= 15 is 0 Å². The van der Waals surface area contributed by atoms with Gasteiger partial charge in [0.15, 0.2) is 0 Å². The number of rotatable bonds is 4. The number of nitrogens with zero attached hydrogens (tertiary/aromatic N) is 1. The first-order chi connectivity index (χ1) is 9.93. The molecule has 1 aromatic carbocycles. The molecular weight excluding hydrogens is 266 g/mol. The van der Waals surface area contributed by atoms with Crippen molar-refractivity contribution in [3.63, 3.8) is 0 Å². The van der Waals surface area contributed by atoms with Crippen LogP contribution in [0.2, 0.25) is 0 Å². The quantitative estimate of drug-likeness (QED) is 0.926. The SMILES string of the molecule is CCN(C(=O)C1CC(C)CC1C(=O)O)c1ccc(C)cc1. The summed E-state index contributed by atoms with van der Waals surface area (Å²) < 4.78 is 0. The number of anilines is 1. The van der Waals surface area contributed by atoms with Gasteiger partial charge < -0.3 is 10.0 Å². The van der Waals surface area contributed by atoms with E-state index in [1.807, 2.05) is 45.0 Å². The van der Waals surface area contributed by atoms with Crippen LogP contribution in [-0.2, 0) is 9.59 Å². The zero-order valence-corrected chi connectivity index (χ0v) is 12.9. The van der Waals surface area contributed by atoms with E-state index in [0.29, 0.717) is 19.4 Å². The van der Waals surface area contributed by atoms with Gasteiger partial charge in [-0.15, -0.1) is 0 Å². The summed E-state index contributed by atoms with van der Waals surface area (Å²) in [6.45, 7) is 6.50. The molecule has 1 aliphatic rings. The lowest BCUT2D eigenvalue weighted by atomic mass is 9.94. The Kier molecular flexibility index (Phi) is 4.66. The predicted molar refractivity (Wildman–Crippen MR) is 82.2 cm³/mol. The molecule has 0 aliphatic heterocycles. The number of carboxylic acids is 1. The molecule has 3 atom stereocenters. The van der Waals surface area contributed by atoms with E-state index in [-0.39, 0.29) is 11.8 Å². The van der Waals surface area contributed by atoms with Crippen LogP contribution in [0, 0.1) is 24.7 Å². The molecule has 0 bridgehead atoms. The van der Waals surface area contributed by atoms with Crippen LogP contribution in [0.5, 0.6) is 0 Å². The highest BCUT2D eigenvalue weighted by Crippen LogP contribution is 2.38. The Balaban J connectivity index is 2.23. The summed E-state index contributed by atoms with van der Waals surface area (Å²) in [4.78, 5) is 25.9. The number of hydrogen-bond acceptors (Lipinski definition) is 2. The zero-order valence-electron chi connectivity index (χ0n) is 12.9. The topological polar surface area (TPSA) is 57.6 Å². The molecule has 1 aromatic rings. The minimum absolute atomic E-state index is 0.0573. The Labute approximate surface area is 125 Å². The van der Waals surface area contributed by atoms with E-state index in [9.17, 15) is 14.7 Å². The Bertz CT molecular complexity index is 523. The molecule has 0 spiro atoms. The second kappa shape index (κ2) is 6.29. The van der Waals surface area contributed by atoms with Crippen molar-refractivity contribution in [3.8, 4) is 0 Å². The molecule has 1 aliphatic carbocycles. The van der Waals surface area contributed by atoms with Gasteiger partial charge in [-0.1, -0.05) is 24.6 Å². The van der Waals surface area contributed by atoms with E-state index in [0.717, 1.165) is 11.3 Å². The monoisotopic (exact) mass is 289 g/mol. The largest absolute Gasteiger partial charge is 0.481 e. The molecular formula is C17H23NO3. The van der Waals surface area contributed by atoms with Gasteiger partial charge in [-0.25, -0.2) is 0 Å². The highest BCUT2D eigenvalue weighted by molar-refractivity contribution is 5.97. The molecule has 1 saturated carbocycles. The first kappa shape index (κ1) is 15.5. The minimum Gasteiger partial charge on any atom is -0.481 e. The van der Waals surface area contributed by atoms with Gasteiger partial charge in [0.05, 0.1) is 11.8 Å². The number of carboxylic acid groups (broad SMARTS) is 1.